The Morgan fingerprint density at radius 3 is 2.72 bits per heavy atom. The second kappa shape index (κ2) is 14.5. The smallest absolute Gasteiger partial charge is 0.243 e. The minimum absolute atomic E-state index is 0. The van der Waals surface area contributed by atoms with E-state index in [1.165, 1.54) is 0 Å². The first kappa shape index (κ1) is 24.4. The van der Waals surface area contributed by atoms with Gasteiger partial charge in [-0.1, -0.05) is 13.8 Å². The molecule has 25 heavy (non-hydrogen) atoms. The third-order valence-electron chi connectivity index (χ3n) is 3.63. The van der Waals surface area contributed by atoms with E-state index in [1.54, 1.807) is 19.0 Å². The number of guanidine groups is 1. The van der Waals surface area contributed by atoms with Gasteiger partial charge in [-0.15, -0.1) is 24.0 Å². The standard InChI is InChI=1S/C17H34N4O3.HI/c1-14(2)11-19-17(20-12-16(22)21(3)4)18-8-6-9-23-13-15-7-5-10-24-15;/h14-15H,5-13H2,1-4H3,(H2,18,19,20);1H. The zero-order chi connectivity index (χ0) is 17.8. The zero-order valence-electron chi connectivity index (χ0n) is 16.0. The fourth-order valence-corrected chi connectivity index (χ4v) is 2.13. The average molecular weight is 470 g/mol. The molecule has 0 bridgehead atoms. The number of carbonyl (C=O) groups is 1. The Hall–Kier alpha value is -0.610. The summed E-state index contributed by atoms with van der Waals surface area (Å²) in [6, 6.07) is 0. The number of amides is 1. The monoisotopic (exact) mass is 470 g/mol. The molecule has 1 aliphatic heterocycles. The molecule has 1 amide bonds. The molecule has 0 aliphatic carbocycles. The number of likely N-dealkylation sites (N-methyl/N-ethyl adjacent to an activating group) is 1. The van der Waals surface area contributed by atoms with Gasteiger partial charge in [-0.05, 0) is 25.2 Å². The molecule has 1 aliphatic rings. The van der Waals surface area contributed by atoms with E-state index in [2.05, 4.69) is 29.5 Å². The van der Waals surface area contributed by atoms with Crippen LogP contribution in [0.5, 0.6) is 0 Å². The van der Waals surface area contributed by atoms with E-state index in [1.807, 2.05) is 0 Å². The minimum atomic E-state index is -0.0134. The molecule has 0 spiro atoms. The van der Waals surface area contributed by atoms with Gasteiger partial charge in [-0.3, -0.25) is 4.79 Å². The van der Waals surface area contributed by atoms with Gasteiger partial charge < -0.3 is 25.0 Å². The summed E-state index contributed by atoms with van der Waals surface area (Å²) in [6.45, 7) is 8.23. The van der Waals surface area contributed by atoms with Gasteiger partial charge in [-0.25, -0.2) is 4.99 Å². The maximum absolute atomic E-state index is 11.7. The molecule has 0 aromatic heterocycles. The Labute approximate surface area is 169 Å². The van der Waals surface area contributed by atoms with Crippen molar-refractivity contribution in [2.75, 3.05) is 53.6 Å². The third-order valence-corrected chi connectivity index (χ3v) is 3.63. The van der Waals surface area contributed by atoms with Gasteiger partial charge in [0.25, 0.3) is 0 Å². The molecule has 0 saturated carbocycles. The van der Waals surface area contributed by atoms with Crippen LogP contribution in [0.25, 0.3) is 0 Å². The van der Waals surface area contributed by atoms with E-state index in [-0.39, 0.29) is 42.5 Å². The highest BCUT2D eigenvalue weighted by Gasteiger charge is 2.14. The van der Waals surface area contributed by atoms with Crippen molar-refractivity contribution in [3.05, 3.63) is 0 Å². The molecule has 0 radical (unpaired) electrons. The summed E-state index contributed by atoms with van der Waals surface area (Å²) in [7, 11) is 3.47. The molecular weight excluding hydrogens is 435 g/mol. The Balaban J connectivity index is 0.00000576. The van der Waals surface area contributed by atoms with Crippen molar-refractivity contribution in [1.29, 1.82) is 0 Å². The summed E-state index contributed by atoms with van der Waals surface area (Å²) in [5.74, 6) is 1.18. The van der Waals surface area contributed by atoms with Crippen molar-refractivity contribution < 1.29 is 14.3 Å². The van der Waals surface area contributed by atoms with E-state index >= 15 is 0 Å². The van der Waals surface area contributed by atoms with Crippen LogP contribution in [0.4, 0.5) is 0 Å². The van der Waals surface area contributed by atoms with Gasteiger partial charge in [0, 0.05) is 40.4 Å². The van der Waals surface area contributed by atoms with Crippen molar-refractivity contribution >= 4 is 35.8 Å². The molecule has 1 heterocycles. The quantitative estimate of drug-likeness (QED) is 0.219. The van der Waals surface area contributed by atoms with Crippen molar-refractivity contribution in [3.8, 4) is 0 Å². The summed E-state index contributed by atoms with van der Waals surface area (Å²) in [5, 5.41) is 6.51. The summed E-state index contributed by atoms with van der Waals surface area (Å²) < 4.78 is 11.2. The van der Waals surface area contributed by atoms with Crippen LogP contribution in [-0.2, 0) is 14.3 Å². The predicted molar refractivity (Wildman–Crippen MR) is 112 cm³/mol. The second-order valence-corrected chi connectivity index (χ2v) is 6.72. The first-order valence-corrected chi connectivity index (χ1v) is 8.90. The molecular formula is C17H35IN4O3. The van der Waals surface area contributed by atoms with Crippen LogP contribution in [-0.4, -0.2) is 76.4 Å². The largest absolute Gasteiger partial charge is 0.379 e. The molecule has 0 aromatic rings. The lowest BCUT2D eigenvalue weighted by Gasteiger charge is -2.15. The molecule has 0 aromatic carbocycles. The van der Waals surface area contributed by atoms with Crippen molar-refractivity contribution in [1.82, 2.24) is 15.5 Å². The summed E-state index contributed by atoms with van der Waals surface area (Å²) >= 11 is 0. The van der Waals surface area contributed by atoms with E-state index in [0.29, 0.717) is 25.1 Å². The Morgan fingerprint density at radius 1 is 1.36 bits per heavy atom. The van der Waals surface area contributed by atoms with Gasteiger partial charge in [0.05, 0.1) is 12.7 Å². The lowest BCUT2D eigenvalue weighted by molar-refractivity contribution is -0.127. The van der Waals surface area contributed by atoms with Crippen LogP contribution in [0, 0.1) is 5.92 Å². The summed E-state index contributed by atoms with van der Waals surface area (Å²) in [6.07, 6.45) is 3.41. The number of hydrogen-bond acceptors (Lipinski definition) is 4. The lowest BCUT2D eigenvalue weighted by atomic mass is 10.2. The van der Waals surface area contributed by atoms with Crippen LogP contribution < -0.4 is 10.6 Å². The molecule has 1 saturated heterocycles. The topological polar surface area (TPSA) is 75.2 Å². The molecule has 148 valence electrons. The second-order valence-electron chi connectivity index (χ2n) is 6.72. The highest BCUT2D eigenvalue weighted by atomic mass is 127. The van der Waals surface area contributed by atoms with Crippen LogP contribution in [0.15, 0.2) is 4.99 Å². The fourth-order valence-electron chi connectivity index (χ4n) is 2.13. The van der Waals surface area contributed by atoms with Gasteiger partial charge in [-0.2, -0.15) is 0 Å². The number of nitrogens with zero attached hydrogens (tertiary/aromatic N) is 2. The summed E-state index contributed by atoms with van der Waals surface area (Å²) in [4.78, 5) is 17.5. The van der Waals surface area contributed by atoms with Crippen molar-refractivity contribution in [3.63, 3.8) is 0 Å². The van der Waals surface area contributed by atoms with Crippen molar-refractivity contribution in [2.45, 2.75) is 39.2 Å². The molecule has 1 unspecified atom stereocenters. The van der Waals surface area contributed by atoms with Crippen LogP contribution >= 0.6 is 24.0 Å². The van der Waals surface area contributed by atoms with Crippen LogP contribution in [0.2, 0.25) is 0 Å². The Kier molecular flexibility index (Phi) is 14.2. The predicted octanol–water partition coefficient (Wildman–Crippen LogP) is 1.47. The number of rotatable bonds is 10. The number of aliphatic imine (C=N–C) groups is 1. The van der Waals surface area contributed by atoms with Crippen molar-refractivity contribution in [2.24, 2.45) is 10.9 Å². The van der Waals surface area contributed by atoms with Crippen LogP contribution in [0.3, 0.4) is 0 Å². The zero-order valence-corrected chi connectivity index (χ0v) is 18.4. The van der Waals surface area contributed by atoms with Gasteiger partial charge in [0.2, 0.25) is 5.91 Å². The number of halogens is 1. The van der Waals surface area contributed by atoms with Gasteiger partial charge >= 0.3 is 0 Å². The van der Waals surface area contributed by atoms with Gasteiger partial charge in [0.15, 0.2) is 5.96 Å². The number of carbonyl (C=O) groups excluding carboxylic acids is 1. The molecule has 1 atom stereocenters. The van der Waals surface area contributed by atoms with E-state index in [9.17, 15) is 4.79 Å². The maximum atomic E-state index is 11.7. The third kappa shape index (κ3) is 12.4. The number of ether oxygens (including phenoxy) is 2. The highest BCUT2D eigenvalue weighted by molar-refractivity contribution is 14.0. The SMILES string of the molecule is CC(C)CNC(=NCC(=O)N(C)C)NCCCOCC1CCCO1.I. The molecule has 1 fully saturated rings. The Morgan fingerprint density at radius 2 is 2.12 bits per heavy atom. The molecule has 2 N–H and O–H groups in total. The van der Waals surface area contributed by atoms with E-state index in [0.717, 1.165) is 39.0 Å². The molecule has 7 nitrogen and oxygen atoms in total. The van der Waals surface area contributed by atoms with Gasteiger partial charge in [0.1, 0.15) is 6.54 Å². The highest BCUT2D eigenvalue weighted by Crippen LogP contribution is 2.11. The fraction of sp³-hybridized carbons (Fsp3) is 0.882. The van der Waals surface area contributed by atoms with E-state index < -0.39 is 0 Å². The normalized spacial score (nSPS) is 17.3. The lowest BCUT2D eigenvalue weighted by Crippen LogP contribution is -2.40. The molecule has 8 heteroatoms. The minimum Gasteiger partial charge on any atom is -0.379 e. The Bertz CT molecular complexity index is 386. The van der Waals surface area contributed by atoms with Crippen LogP contribution in [0.1, 0.15) is 33.1 Å². The summed E-state index contributed by atoms with van der Waals surface area (Å²) in [5.41, 5.74) is 0. The number of hydrogen-bond donors (Lipinski definition) is 2. The number of nitrogens with one attached hydrogen (secondary N) is 2. The molecule has 1 rings (SSSR count). The van der Waals surface area contributed by atoms with E-state index in [4.69, 9.17) is 9.47 Å². The first-order valence-electron chi connectivity index (χ1n) is 8.90. The maximum Gasteiger partial charge on any atom is 0.243 e. The first-order chi connectivity index (χ1) is 11.5. The average Bonchev–Trinajstić information content (AvgIpc) is 3.05.